The molecule has 2 aromatic carbocycles. The van der Waals surface area contributed by atoms with Crippen LogP contribution in [0.2, 0.25) is 0 Å². The molecule has 0 spiro atoms. The van der Waals surface area contributed by atoms with E-state index in [1.165, 1.54) is 15.0 Å². The summed E-state index contributed by atoms with van der Waals surface area (Å²) >= 11 is 1.91. The quantitative estimate of drug-likeness (QED) is 0.278. The normalized spacial score (nSPS) is 18.0. The molecule has 0 saturated carbocycles. The Morgan fingerprint density at radius 2 is 1.55 bits per heavy atom. The highest BCUT2D eigenvalue weighted by molar-refractivity contribution is 7.19. The van der Waals surface area contributed by atoms with E-state index in [0.717, 1.165) is 84.0 Å². The molecular formula is C31H40N6O2S. The summed E-state index contributed by atoms with van der Waals surface area (Å²) in [6.45, 7) is 11.3. The lowest BCUT2D eigenvalue weighted by molar-refractivity contribution is 0.123. The van der Waals surface area contributed by atoms with Crippen LogP contribution in [-0.4, -0.2) is 88.0 Å². The first-order valence-electron chi connectivity index (χ1n) is 14.6. The van der Waals surface area contributed by atoms with Gasteiger partial charge in [-0.25, -0.2) is 9.48 Å². The molecule has 2 aliphatic heterocycles. The zero-order chi connectivity index (χ0) is 27.1. The van der Waals surface area contributed by atoms with Crippen LogP contribution in [0.5, 0.6) is 5.75 Å². The van der Waals surface area contributed by atoms with Gasteiger partial charge in [0.1, 0.15) is 18.7 Å². The summed E-state index contributed by atoms with van der Waals surface area (Å²) in [5.41, 5.74) is 0.0297. The number of aromatic nitrogens is 3. The van der Waals surface area contributed by atoms with Gasteiger partial charge in [0, 0.05) is 61.9 Å². The number of likely N-dealkylation sites (tertiary alicyclic amines) is 1. The van der Waals surface area contributed by atoms with Gasteiger partial charge in [-0.05, 0) is 61.5 Å². The van der Waals surface area contributed by atoms with Gasteiger partial charge >= 0.3 is 5.69 Å². The zero-order valence-corrected chi connectivity index (χ0v) is 24.1. The number of benzene rings is 2. The van der Waals surface area contributed by atoms with E-state index in [2.05, 4.69) is 50.1 Å². The maximum absolute atomic E-state index is 13.0. The van der Waals surface area contributed by atoms with E-state index < -0.39 is 0 Å². The molecule has 4 heterocycles. The highest BCUT2D eigenvalue weighted by atomic mass is 32.1. The van der Waals surface area contributed by atoms with Crippen molar-refractivity contribution in [3.05, 3.63) is 82.4 Å². The molecule has 0 aliphatic carbocycles. The lowest BCUT2D eigenvalue weighted by atomic mass is 9.97. The predicted octanol–water partition coefficient (Wildman–Crippen LogP) is 3.87. The summed E-state index contributed by atoms with van der Waals surface area (Å²) in [6, 6.07) is 21.0. The van der Waals surface area contributed by atoms with Gasteiger partial charge in [0.05, 0.1) is 6.54 Å². The molecule has 0 amide bonds. The average molecular weight is 561 g/mol. The maximum atomic E-state index is 13.0. The van der Waals surface area contributed by atoms with Crippen molar-refractivity contribution in [3.63, 3.8) is 0 Å². The summed E-state index contributed by atoms with van der Waals surface area (Å²) in [6.07, 6.45) is 3.95. The standard InChI is InChI=1S/C31H40N6O2S/c38-31-36(23-26-10-12-33(13-11-26)20-21-39-28-7-2-1-3-8-28)25-32-37(31)19-18-34-14-16-35(17-15-34)24-29-22-27-6-4-5-9-30(27)40-29/h1-9,22,25-26H,10-21,23-24H2. The summed E-state index contributed by atoms with van der Waals surface area (Å²) in [4.78, 5) is 21.9. The molecule has 0 radical (unpaired) electrons. The van der Waals surface area contributed by atoms with Crippen molar-refractivity contribution in [1.29, 1.82) is 0 Å². The van der Waals surface area contributed by atoms with E-state index in [-0.39, 0.29) is 5.69 Å². The SMILES string of the molecule is O=c1n(CC2CCN(CCOc3ccccc3)CC2)cnn1CCN1CCN(Cc2cc3ccccc3s2)CC1. The van der Waals surface area contributed by atoms with Crippen molar-refractivity contribution in [2.24, 2.45) is 5.92 Å². The second-order valence-electron chi connectivity index (χ2n) is 11.1. The molecule has 4 aromatic rings. The first-order chi connectivity index (χ1) is 19.7. The number of piperazine rings is 1. The summed E-state index contributed by atoms with van der Waals surface area (Å²) in [7, 11) is 0. The Hall–Kier alpha value is -2.98. The molecule has 0 N–H and O–H groups in total. The molecule has 8 nitrogen and oxygen atoms in total. The van der Waals surface area contributed by atoms with Gasteiger partial charge in [-0.15, -0.1) is 11.3 Å². The maximum Gasteiger partial charge on any atom is 0.345 e. The van der Waals surface area contributed by atoms with Crippen LogP contribution in [0.3, 0.4) is 0 Å². The Morgan fingerprint density at radius 3 is 2.35 bits per heavy atom. The number of hydrogen-bond donors (Lipinski definition) is 0. The van der Waals surface area contributed by atoms with Gasteiger partial charge in [0.25, 0.3) is 0 Å². The van der Waals surface area contributed by atoms with Crippen molar-refractivity contribution >= 4 is 21.4 Å². The number of fused-ring (bicyclic) bond motifs is 1. The predicted molar refractivity (Wildman–Crippen MR) is 161 cm³/mol. The van der Waals surface area contributed by atoms with Crippen molar-refractivity contribution < 1.29 is 4.74 Å². The highest BCUT2D eigenvalue weighted by Gasteiger charge is 2.21. The molecule has 212 valence electrons. The number of thiophene rings is 1. The number of hydrogen-bond acceptors (Lipinski definition) is 7. The molecule has 6 rings (SSSR count). The fraction of sp³-hybridized carbons (Fsp3) is 0.484. The third-order valence-electron chi connectivity index (χ3n) is 8.33. The third kappa shape index (κ3) is 7.01. The van der Waals surface area contributed by atoms with E-state index in [4.69, 9.17) is 4.74 Å². The second kappa shape index (κ2) is 13.1. The number of para-hydroxylation sites is 1. The Labute approximate surface area is 240 Å². The Kier molecular flexibility index (Phi) is 8.92. The largest absolute Gasteiger partial charge is 0.492 e. The third-order valence-corrected chi connectivity index (χ3v) is 9.43. The van der Waals surface area contributed by atoms with E-state index >= 15 is 0 Å². The van der Waals surface area contributed by atoms with Gasteiger partial charge in [0.15, 0.2) is 0 Å². The molecule has 2 aromatic heterocycles. The van der Waals surface area contributed by atoms with Gasteiger partial charge in [-0.1, -0.05) is 36.4 Å². The van der Waals surface area contributed by atoms with E-state index in [9.17, 15) is 4.79 Å². The van der Waals surface area contributed by atoms with Gasteiger partial charge in [-0.3, -0.25) is 19.3 Å². The van der Waals surface area contributed by atoms with Crippen molar-refractivity contribution in [1.82, 2.24) is 29.0 Å². The van der Waals surface area contributed by atoms with E-state index in [0.29, 0.717) is 19.1 Å². The van der Waals surface area contributed by atoms with Crippen molar-refractivity contribution in [2.75, 3.05) is 59.0 Å². The molecular weight excluding hydrogens is 520 g/mol. The van der Waals surface area contributed by atoms with Crippen LogP contribution >= 0.6 is 11.3 Å². The Balaban J connectivity index is 0.892. The topological polar surface area (TPSA) is 58.8 Å². The van der Waals surface area contributed by atoms with Crippen LogP contribution in [0.4, 0.5) is 0 Å². The van der Waals surface area contributed by atoms with E-state index in [1.807, 2.05) is 46.2 Å². The number of piperidine rings is 1. The molecule has 2 saturated heterocycles. The minimum Gasteiger partial charge on any atom is -0.492 e. The highest BCUT2D eigenvalue weighted by Crippen LogP contribution is 2.26. The second-order valence-corrected chi connectivity index (χ2v) is 12.3. The van der Waals surface area contributed by atoms with Crippen LogP contribution < -0.4 is 10.4 Å². The molecule has 40 heavy (non-hydrogen) atoms. The van der Waals surface area contributed by atoms with Crippen molar-refractivity contribution in [2.45, 2.75) is 32.5 Å². The summed E-state index contributed by atoms with van der Waals surface area (Å²) < 4.78 is 10.7. The number of nitrogens with zero attached hydrogens (tertiary/aromatic N) is 6. The molecule has 0 atom stereocenters. The Morgan fingerprint density at radius 1 is 0.825 bits per heavy atom. The van der Waals surface area contributed by atoms with Crippen LogP contribution in [0.15, 0.2) is 71.8 Å². The zero-order valence-electron chi connectivity index (χ0n) is 23.2. The molecule has 9 heteroatoms. The summed E-state index contributed by atoms with van der Waals surface area (Å²) in [5.74, 6) is 1.45. The van der Waals surface area contributed by atoms with Gasteiger partial charge < -0.3 is 4.74 Å². The van der Waals surface area contributed by atoms with Crippen molar-refractivity contribution in [3.8, 4) is 5.75 Å². The fourth-order valence-corrected chi connectivity index (χ4v) is 6.98. The average Bonchev–Trinajstić information content (AvgIpc) is 3.56. The minimum absolute atomic E-state index is 0.0297. The van der Waals surface area contributed by atoms with E-state index in [1.54, 1.807) is 11.0 Å². The first-order valence-corrected chi connectivity index (χ1v) is 15.5. The molecule has 2 aliphatic rings. The van der Waals surface area contributed by atoms with Crippen LogP contribution in [0, 0.1) is 5.92 Å². The monoisotopic (exact) mass is 560 g/mol. The number of rotatable bonds is 11. The lowest BCUT2D eigenvalue weighted by Gasteiger charge is -2.34. The molecule has 2 fully saturated rings. The minimum atomic E-state index is 0.0297. The first kappa shape index (κ1) is 27.2. The van der Waals surface area contributed by atoms with Gasteiger partial charge in [0.2, 0.25) is 0 Å². The van der Waals surface area contributed by atoms with Crippen LogP contribution in [0.25, 0.3) is 10.1 Å². The van der Waals surface area contributed by atoms with Crippen LogP contribution in [0.1, 0.15) is 17.7 Å². The molecule has 0 bridgehead atoms. The number of ether oxygens (including phenoxy) is 1. The lowest BCUT2D eigenvalue weighted by Crippen LogP contribution is -2.47. The summed E-state index contributed by atoms with van der Waals surface area (Å²) in [5, 5.41) is 5.79. The van der Waals surface area contributed by atoms with Gasteiger partial charge in [-0.2, -0.15) is 5.10 Å². The Bertz CT molecular complexity index is 1370. The fourth-order valence-electron chi connectivity index (χ4n) is 5.87. The van der Waals surface area contributed by atoms with Crippen LogP contribution in [-0.2, 0) is 19.6 Å². The molecule has 0 unspecified atom stereocenters. The smallest absolute Gasteiger partial charge is 0.345 e.